The number of non-ortho nitro benzene ring substituents is 1. The summed E-state index contributed by atoms with van der Waals surface area (Å²) in [5.41, 5.74) is 5.56. The van der Waals surface area contributed by atoms with Gasteiger partial charge in [0.1, 0.15) is 11.4 Å². The monoisotopic (exact) mass is 425 g/mol. The highest BCUT2D eigenvalue weighted by Gasteiger charge is 2.13. The summed E-state index contributed by atoms with van der Waals surface area (Å²) in [4.78, 5) is 30.6. The molecule has 0 saturated heterocycles. The number of fused-ring (bicyclic) bond motifs is 2. The van der Waals surface area contributed by atoms with Gasteiger partial charge < -0.3 is 9.40 Å². The second-order valence-corrected chi connectivity index (χ2v) is 6.96. The molecule has 3 aromatic carbocycles. The maximum atomic E-state index is 12.5. The number of hydrogen-bond acceptors (Lipinski definition) is 6. The Kier molecular flexibility index (Phi) is 4.68. The number of aromatic nitrogens is 2. The highest BCUT2D eigenvalue weighted by molar-refractivity contribution is 5.94. The predicted molar refractivity (Wildman–Crippen MR) is 117 cm³/mol. The number of carbonyl (C=O) groups excluding carboxylic acids is 1. The first-order chi connectivity index (χ1) is 15.6. The van der Waals surface area contributed by atoms with Crippen LogP contribution in [0.4, 0.5) is 5.69 Å². The van der Waals surface area contributed by atoms with Crippen LogP contribution in [0.2, 0.25) is 0 Å². The van der Waals surface area contributed by atoms with Crippen LogP contribution >= 0.6 is 0 Å². The van der Waals surface area contributed by atoms with E-state index >= 15 is 0 Å². The van der Waals surface area contributed by atoms with E-state index in [0.29, 0.717) is 17.0 Å². The number of H-pyrrole nitrogens is 1. The Morgan fingerprint density at radius 2 is 1.78 bits per heavy atom. The molecule has 5 rings (SSSR count). The highest BCUT2D eigenvalue weighted by atomic mass is 16.6. The number of para-hydroxylation sites is 3. The van der Waals surface area contributed by atoms with Gasteiger partial charge in [0, 0.05) is 23.1 Å². The van der Waals surface area contributed by atoms with E-state index < -0.39 is 10.8 Å². The Balaban J connectivity index is 1.57. The Hall–Kier alpha value is -4.79. The molecule has 5 aromatic rings. The number of rotatable bonds is 4. The molecule has 0 aliphatic rings. The molecule has 2 aromatic heterocycles. The van der Waals surface area contributed by atoms with Gasteiger partial charge in [-0.05, 0) is 36.4 Å². The molecule has 9 heteroatoms. The van der Waals surface area contributed by atoms with E-state index in [2.05, 4.69) is 20.5 Å². The van der Waals surface area contributed by atoms with Crippen LogP contribution in [0.1, 0.15) is 10.4 Å². The highest BCUT2D eigenvalue weighted by Crippen LogP contribution is 2.21. The van der Waals surface area contributed by atoms with Crippen molar-refractivity contribution in [3.05, 3.63) is 100 Å². The number of hydrogen-bond donors (Lipinski definition) is 2. The zero-order valence-corrected chi connectivity index (χ0v) is 16.5. The molecular weight excluding hydrogens is 410 g/mol. The summed E-state index contributed by atoms with van der Waals surface area (Å²) < 4.78 is 5.95. The van der Waals surface area contributed by atoms with E-state index in [1.54, 1.807) is 6.07 Å². The number of nitro groups is 1. The molecule has 0 fully saturated rings. The lowest BCUT2D eigenvalue weighted by atomic mass is 10.2. The summed E-state index contributed by atoms with van der Waals surface area (Å²) in [5.74, 6) is 0.0165. The number of aromatic amines is 1. The molecule has 2 heterocycles. The summed E-state index contributed by atoms with van der Waals surface area (Å²) in [5, 5.41) is 15.8. The van der Waals surface area contributed by atoms with Gasteiger partial charge in [0.2, 0.25) is 5.55 Å². The third kappa shape index (κ3) is 3.58. The van der Waals surface area contributed by atoms with Crippen LogP contribution in [0, 0.1) is 10.1 Å². The number of nitro benzene ring substituents is 1. The zero-order chi connectivity index (χ0) is 22.1. The van der Waals surface area contributed by atoms with Gasteiger partial charge in [0.05, 0.1) is 21.5 Å². The van der Waals surface area contributed by atoms with E-state index in [9.17, 15) is 14.9 Å². The molecular formula is C23H15N5O4. The van der Waals surface area contributed by atoms with Crippen LogP contribution in [-0.4, -0.2) is 20.8 Å². The average Bonchev–Trinajstić information content (AvgIpc) is 3.26. The summed E-state index contributed by atoms with van der Waals surface area (Å²) in [6.07, 6.45) is 0. The molecule has 0 radical (unpaired) electrons. The third-order valence-corrected chi connectivity index (χ3v) is 4.90. The fourth-order valence-electron chi connectivity index (χ4n) is 3.30. The van der Waals surface area contributed by atoms with Gasteiger partial charge in [-0.3, -0.25) is 14.9 Å². The minimum atomic E-state index is -0.529. The minimum Gasteiger partial charge on any atom is -0.436 e. The maximum Gasteiger partial charge on any atom is 0.271 e. The van der Waals surface area contributed by atoms with Crippen molar-refractivity contribution < 1.29 is 14.1 Å². The first-order valence-electron chi connectivity index (χ1n) is 9.65. The zero-order valence-electron chi connectivity index (χ0n) is 16.5. The number of imidazole rings is 1. The van der Waals surface area contributed by atoms with Gasteiger partial charge in [0.25, 0.3) is 11.6 Å². The van der Waals surface area contributed by atoms with Crippen molar-refractivity contribution in [1.82, 2.24) is 15.4 Å². The Morgan fingerprint density at radius 3 is 2.56 bits per heavy atom. The molecule has 2 N–H and O–H groups in total. The standard InChI is InChI=1S/C23H15N5O4/c29-22(14-9-11-16(12-10-14)28(30)31)26-27-23-17(13-15-5-1-4-8-20(15)32-23)21-24-18-6-2-3-7-19(18)25-21/h1-13H,(H,24,25)(H,26,29). The van der Waals surface area contributed by atoms with Crippen LogP contribution in [-0.2, 0) is 0 Å². The third-order valence-electron chi connectivity index (χ3n) is 4.90. The molecule has 0 aliphatic heterocycles. The molecule has 0 bridgehead atoms. The van der Waals surface area contributed by atoms with Crippen molar-refractivity contribution in [1.29, 1.82) is 0 Å². The Morgan fingerprint density at radius 1 is 1.03 bits per heavy atom. The number of amides is 1. The molecule has 0 unspecified atom stereocenters. The van der Waals surface area contributed by atoms with Crippen LogP contribution in [0.3, 0.4) is 0 Å². The SMILES string of the molecule is O=C(NN=c1oc2ccccc2cc1-c1nc2ccccc2[nH]1)c1ccc([N+](=O)[O-])cc1. The van der Waals surface area contributed by atoms with E-state index in [4.69, 9.17) is 4.42 Å². The van der Waals surface area contributed by atoms with Crippen molar-refractivity contribution in [2.45, 2.75) is 0 Å². The minimum absolute atomic E-state index is 0.102. The Labute approximate surface area is 180 Å². The second kappa shape index (κ2) is 7.80. The van der Waals surface area contributed by atoms with E-state index in [-0.39, 0.29) is 16.8 Å². The molecule has 0 aliphatic carbocycles. The van der Waals surface area contributed by atoms with Crippen LogP contribution < -0.4 is 11.0 Å². The topological polar surface area (TPSA) is 126 Å². The number of nitrogens with one attached hydrogen (secondary N) is 2. The fraction of sp³-hybridized carbons (Fsp3) is 0. The van der Waals surface area contributed by atoms with Crippen molar-refractivity contribution >= 4 is 33.6 Å². The number of carbonyl (C=O) groups is 1. The van der Waals surface area contributed by atoms with E-state index in [1.807, 2.05) is 48.5 Å². The van der Waals surface area contributed by atoms with Crippen molar-refractivity contribution in [2.24, 2.45) is 5.10 Å². The lowest BCUT2D eigenvalue weighted by molar-refractivity contribution is -0.384. The summed E-state index contributed by atoms with van der Waals surface area (Å²) in [7, 11) is 0. The van der Waals surface area contributed by atoms with Crippen molar-refractivity contribution in [3.8, 4) is 11.4 Å². The molecule has 1 amide bonds. The number of nitrogens with zero attached hydrogens (tertiary/aromatic N) is 3. The number of benzene rings is 3. The molecule has 32 heavy (non-hydrogen) atoms. The van der Waals surface area contributed by atoms with Crippen molar-refractivity contribution in [3.63, 3.8) is 0 Å². The van der Waals surface area contributed by atoms with Gasteiger partial charge in [0.15, 0.2) is 0 Å². The Bertz CT molecular complexity index is 1520. The van der Waals surface area contributed by atoms with Gasteiger partial charge in [-0.1, -0.05) is 30.3 Å². The maximum absolute atomic E-state index is 12.5. The van der Waals surface area contributed by atoms with E-state index in [1.165, 1.54) is 24.3 Å². The smallest absolute Gasteiger partial charge is 0.271 e. The summed E-state index contributed by atoms with van der Waals surface area (Å²) >= 11 is 0. The average molecular weight is 425 g/mol. The van der Waals surface area contributed by atoms with Crippen LogP contribution in [0.25, 0.3) is 33.4 Å². The van der Waals surface area contributed by atoms with E-state index in [0.717, 1.165) is 16.4 Å². The van der Waals surface area contributed by atoms with Crippen molar-refractivity contribution in [2.75, 3.05) is 0 Å². The normalized spacial score (nSPS) is 11.7. The second-order valence-electron chi connectivity index (χ2n) is 6.96. The van der Waals surface area contributed by atoms with Gasteiger partial charge in [-0.15, -0.1) is 5.10 Å². The predicted octanol–water partition coefficient (Wildman–Crippen LogP) is 4.13. The lowest BCUT2D eigenvalue weighted by Crippen LogP contribution is -2.22. The van der Waals surface area contributed by atoms with Crippen LogP contribution in [0.5, 0.6) is 0 Å². The quantitative estimate of drug-likeness (QED) is 0.331. The van der Waals surface area contributed by atoms with Gasteiger partial charge >= 0.3 is 0 Å². The van der Waals surface area contributed by atoms with Crippen LogP contribution in [0.15, 0.2) is 88.4 Å². The van der Waals surface area contributed by atoms with Gasteiger partial charge in [-0.25, -0.2) is 10.4 Å². The molecule has 156 valence electrons. The molecule has 0 spiro atoms. The first kappa shape index (κ1) is 19.2. The molecule has 0 atom stereocenters. The molecule has 0 saturated carbocycles. The first-order valence-corrected chi connectivity index (χ1v) is 9.65. The summed E-state index contributed by atoms with van der Waals surface area (Å²) in [6.45, 7) is 0. The fourth-order valence-corrected chi connectivity index (χ4v) is 3.30. The lowest BCUT2D eigenvalue weighted by Gasteiger charge is -2.03. The summed E-state index contributed by atoms with van der Waals surface area (Å²) in [6, 6.07) is 22.2. The largest absolute Gasteiger partial charge is 0.436 e. The van der Waals surface area contributed by atoms with Gasteiger partial charge in [-0.2, -0.15) is 0 Å². The molecule has 9 nitrogen and oxygen atoms in total.